The van der Waals surface area contributed by atoms with Crippen LogP contribution in [0.4, 0.5) is 0 Å². The molecule has 5 aliphatic rings. The molecule has 21 heavy (non-hydrogen) atoms. The fraction of sp³-hybridized carbons (Fsp3) is 1.00. The fourth-order valence-corrected chi connectivity index (χ4v) is 8.38. The van der Waals surface area contributed by atoms with Crippen molar-refractivity contribution < 1.29 is 0 Å². The average molecular weight is 287 g/mol. The monoisotopic (exact) mass is 287 g/mol. The van der Waals surface area contributed by atoms with E-state index in [-0.39, 0.29) is 0 Å². The van der Waals surface area contributed by atoms with E-state index in [2.05, 4.69) is 0 Å². The Kier molecular flexibility index (Phi) is 3.18. The number of nitrogens with two attached hydrogens (primary N) is 1. The molecule has 5 aliphatic carbocycles. The summed E-state index contributed by atoms with van der Waals surface area (Å²) in [6, 6.07) is 0.550. The molecule has 5 fully saturated rings. The highest BCUT2D eigenvalue weighted by Gasteiger charge is 2.58. The molecule has 0 aromatic rings. The Morgan fingerprint density at radius 3 is 1.71 bits per heavy atom. The van der Waals surface area contributed by atoms with Crippen LogP contribution in [-0.2, 0) is 0 Å². The average Bonchev–Trinajstić information content (AvgIpc) is 2.54. The molecular weight excluding hydrogens is 254 g/mol. The third-order valence-electron chi connectivity index (χ3n) is 8.80. The van der Waals surface area contributed by atoms with Gasteiger partial charge in [0.15, 0.2) is 0 Å². The van der Waals surface area contributed by atoms with E-state index in [4.69, 9.17) is 5.73 Å². The van der Waals surface area contributed by atoms with Gasteiger partial charge in [-0.25, -0.2) is 0 Å². The van der Waals surface area contributed by atoms with Gasteiger partial charge in [-0.05, 0) is 85.9 Å². The van der Waals surface area contributed by atoms with Gasteiger partial charge in [0.2, 0.25) is 0 Å². The SMILES string of the molecule is NC1CCC2C3CCCC4CCCC(C5CCCC1C52)C43. The lowest BCUT2D eigenvalue weighted by atomic mass is 9.42. The number of rotatable bonds is 0. The summed E-state index contributed by atoms with van der Waals surface area (Å²) in [7, 11) is 0. The first-order valence-corrected chi connectivity index (χ1v) is 10.1. The largest absolute Gasteiger partial charge is 0.327 e. The van der Waals surface area contributed by atoms with Crippen molar-refractivity contribution in [3.8, 4) is 0 Å². The lowest BCUT2D eigenvalue weighted by Gasteiger charge is -2.63. The first-order valence-electron chi connectivity index (χ1n) is 10.1. The van der Waals surface area contributed by atoms with Crippen LogP contribution < -0.4 is 5.73 Å². The second-order valence-corrected chi connectivity index (χ2v) is 9.27. The van der Waals surface area contributed by atoms with Crippen molar-refractivity contribution in [2.24, 2.45) is 53.1 Å². The first-order chi connectivity index (χ1) is 10.3. The normalized spacial score (nSPS) is 59.0. The van der Waals surface area contributed by atoms with Crippen molar-refractivity contribution in [3.63, 3.8) is 0 Å². The van der Waals surface area contributed by atoms with Crippen LogP contribution in [0.25, 0.3) is 0 Å². The van der Waals surface area contributed by atoms with Gasteiger partial charge in [-0.1, -0.05) is 32.1 Å². The molecular formula is C20H33N. The molecule has 9 unspecified atom stereocenters. The fourth-order valence-electron chi connectivity index (χ4n) is 8.38. The third-order valence-corrected chi connectivity index (χ3v) is 8.80. The minimum absolute atomic E-state index is 0.550. The Morgan fingerprint density at radius 1 is 0.476 bits per heavy atom. The van der Waals surface area contributed by atoms with Gasteiger partial charge in [0, 0.05) is 6.04 Å². The van der Waals surface area contributed by atoms with E-state index in [1.807, 2.05) is 0 Å². The Morgan fingerprint density at radius 2 is 1.00 bits per heavy atom. The van der Waals surface area contributed by atoms with Gasteiger partial charge >= 0.3 is 0 Å². The van der Waals surface area contributed by atoms with Crippen molar-refractivity contribution >= 4 is 0 Å². The van der Waals surface area contributed by atoms with Gasteiger partial charge in [-0.15, -0.1) is 0 Å². The maximum atomic E-state index is 6.59. The predicted molar refractivity (Wildman–Crippen MR) is 86.7 cm³/mol. The van der Waals surface area contributed by atoms with E-state index in [0.717, 1.165) is 47.3 Å². The van der Waals surface area contributed by atoms with Crippen LogP contribution in [0.15, 0.2) is 0 Å². The molecule has 0 aromatic carbocycles. The van der Waals surface area contributed by atoms with E-state index >= 15 is 0 Å². The Hall–Kier alpha value is -0.0400. The first kappa shape index (κ1) is 13.4. The van der Waals surface area contributed by atoms with E-state index in [1.165, 1.54) is 25.7 Å². The van der Waals surface area contributed by atoms with Crippen LogP contribution in [0.5, 0.6) is 0 Å². The molecule has 9 atom stereocenters. The molecule has 2 N–H and O–H groups in total. The molecule has 0 radical (unpaired) electrons. The standard InChI is InChI=1S/C20H33N/c21-18-11-10-16-14-7-2-5-12-4-1-6-13(19(12)14)15-8-3-9-17(18)20(15)16/h12-20H,1-11,21H2. The smallest absolute Gasteiger partial charge is 0.00701 e. The van der Waals surface area contributed by atoms with Gasteiger partial charge in [0.05, 0.1) is 0 Å². The van der Waals surface area contributed by atoms with Crippen molar-refractivity contribution in [1.82, 2.24) is 0 Å². The van der Waals surface area contributed by atoms with Crippen LogP contribution >= 0.6 is 0 Å². The second-order valence-electron chi connectivity index (χ2n) is 9.27. The number of hydrogen-bond acceptors (Lipinski definition) is 1. The summed E-state index contributed by atoms with van der Waals surface area (Å²) in [5.41, 5.74) is 6.59. The Bertz CT molecular complexity index is 385. The molecule has 1 nitrogen and oxygen atoms in total. The second kappa shape index (κ2) is 4.98. The molecule has 0 aromatic heterocycles. The topological polar surface area (TPSA) is 26.0 Å². The lowest BCUT2D eigenvalue weighted by Crippen LogP contribution is -2.59. The molecule has 118 valence electrons. The van der Waals surface area contributed by atoms with Crippen LogP contribution in [0.1, 0.15) is 70.6 Å². The molecule has 0 aliphatic heterocycles. The maximum absolute atomic E-state index is 6.59. The van der Waals surface area contributed by atoms with E-state index in [0.29, 0.717) is 6.04 Å². The zero-order valence-electron chi connectivity index (χ0n) is 13.6. The van der Waals surface area contributed by atoms with Crippen LogP contribution in [0.2, 0.25) is 0 Å². The lowest BCUT2D eigenvalue weighted by molar-refractivity contribution is -0.141. The number of hydrogen-bond donors (Lipinski definition) is 1. The van der Waals surface area contributed by atoms with Gasteiger partial charge < -0.3 is 5.73 Å². The van der Waals surface area contributed by atoms with Gasteiger partial charge in [-0.2, -0.15) is 0 Å². The van der Waals surface area contributed by atoms with Crippen molar-refractivity contribution in [2.45, 2.75) is 76.7 Å². The van der Waals surface area contributed by atoms with Crippen molar-refractivity contribution in [1.29, 1.82) is 0 Å². The maximum Gasteiger partial charge on any atom is 0.00701 e. The summed E-state index contributed by atoms with van der Waals surface area (Å²) in [5.74, 6) is 8.62. The molecule has 1 heteroatoms. The highest BCUT2D eigenvalue weighted by molar-refractivity contribution is 5.07. The molecule has 0 spiro atoms. The van der Waals surface area contributed by atoms with E-state index in [9.17, 15) is 0 Å². The van der Waals surface area contributed by atoms with Crippen LogP contribution in [0, 0.1) is 47.3 Å². The van der Waals surface area contributed by atoms with Crippen molar-refractivity contribution in [2.75, 3.05) is 0 Å². The summed E-state index contributed by atoms with van der Waals surface area (Å²) in [6.45, 7) is 0. The van der Waals surface area contributed by atoms with Crippen molar-refractivity contribution in [3.05, 3.63) is 0 Å². The molecule has 5 rings (SSSR count). The van der Waals surface area contributed by atoms with Crippen LogP contribution in [-0.4, -0.2) is 6.04 Å². The van der Waals surface area contributed by atoms with Crippen LogP contribution in [0.3, 0.4) is 0 Å². The predicted octanol–water partition coefficient (Wildman–Crippen LogP) is 4.60. The summed E-state index contributed by atoms with van der Waals surface area (Å²) < 4.78 is 0. The summed E-state index contributed by atoms with van der Waals surface area (Å²) in [4.78, 5) is 0. The Balaban J connectivity index is 1.54. The molecule has 0 amide bonds. The summed E-state index contributed by atoms with van der Waals surface area (Å²) >= 11 is 0. The Labute approximate surface area is 130 Å². The highest BCUT2D eigenvalue weighted by Crippen LogP contribution is 2.64. The van der Waals surface area contributed by atoms with E-state index < -0.39 is 0 Å². The van der Waals surface area contributed by atoms with Gasteiger partial charge in [-0.3, -0.25) is 0 Å². The molecule has 0 heterocycles. The van der Waals surface area contributed by atoms with E-state index in [1.54, 1.807) is 44.9 Å². The molecule has 0 bridgehead atoms. The minimum Gasteiger partial charge on any atom is -0.327 e. The highest BCUT2D eigenvalue weighted by atomic mass is 14.7. The summed E-state index contributed by atoms with van der Waals surface area (Å²) in [5, 5.41) is 0. The number of fused-ring (bicyclic) bond motifs is 2. The molecule has 0 saturated heterocycles. The summed E-state index contributed by atoms with van der Waals surface area (Å²) in [6.07, 6.45) is 16.7. The minimum atomic E-state index is 0.550. The van der Waals surface area contributed by atoms with Gasteiger partial charge in [0.1, 0.15) is 0 Å². The quantitative estimate of drug-likeness (QED) is 0.692. The van der Waals surface area contributed by atoms with Gasteiger partial charge in [0.25, 0.3) is 0 Å². The molecule has 5 saturated carbocycles. The zero-order valence-corrected chi connectivity index (χ0v) is 13.6. The zero-order chi connectivity index (χ0) is 14.0. The third kappa shape index (κ3) is 1.85.